The second kappa shape index (κ2) is 9.44. The van der Waals surface area contributed by atoms with E-state index in [0.717, 1.165) is 25.0 Å². The van der Waals surface area contributed by atoms with Crippen LogP contribution in [-0.4, -0.2) is 53.5 Å². The van der Waals surface area contributed by atoms with Gasteiger partial charge in [-0.15, -0.1) is 0 Å². The lowest BCUT2D eigenvalue weighted by Crippen LogP contribution is -2.52. The van der Waals surface area contributed by atoms with Crippen LogP contribution in [0.2, 0.25) is 0 Å². The monoisotopic (exact) mass is 371 g/mol. The first kappa shape index (κ1) is 20.1. The summed E-state index contributed by atoms with van der Waals surface area (Å²) in [5, 5.41) is 27.1. The van der Waals surface area contributed by atoms with Crippen molar-refractivity contribution in [3.8, 4) is 0 Å². The Morgan fingerprint density at radius 2 is 1.96 bits per heavy atom. The minimum absolute atomic E-state index is 0.0408. The van der Waals surface area contributed by atoms with E-state index in [1.807, 2.05) is 0 Å². The molecule has 0 aromatic heterocycles. The van der Waals surface area contributed by atoms with Crippen LogP contribution in [0.3, 0.4) is 0 Å². The minimum atomic E-state index is -1.36. The average Bonchev–Trinajstić information content (AvgIpc) is 2.75. The summed E-state index contributed by atoms with van der Waals surface area (Å²) in [7, 11) is 0. The van der Waals surface area contributed by atoms with Crippen molar-refractivity contribution in [2.24, 2.45) is 0 Å². The van der Waals surface area contributed by atoms with Gasteiger partial charge in [0, 0.05) is 19.2 Å². The molecule has 2 amide bonds. The summed E-state index contributed by atoms with van der Waals surface area (Å²) >= 11 is 0. The Morgan fingerprint density at radius 3 is 2.62 bits per heavy atom. The van der Waals surface area contributed by atoms with E-state index < -0.39 is 35.9 Å². The highest BCUT2D eigenvalue weighted by Gasteiger charge is 2.25. The van der Waals surface area contributed by atoms with E-state index in [9.17, 15) is 23.5 Å². The number of aliphatic hydroxyl groups excluding tert-OH is 1. The molecule has 5 N–H and O–H groups in total. The van der Waals surface area contributed by atoms with Gasteiger partial charge in [0.05, 0.1) is 18.2 Å². The Labute approximate surface area is 149 Å². The molecule has 144 valence electrons. The Bertz CT molecular complexity index is 624. The summed E-state index contributed by atoms with van der Waals surface area (Å²) < 4.78 is 26.6. The zero-order valence-corrected chi connectivity index (χ0v) is 14.2. The lowest BCUT2D eigenvalue weighted by atomic mass is 10.0. The van der Waals surface area contributed by atoms with Gasteiger partial charge in [0.1, 0.15) is 11.6 Å². The number of halogens is 2. The number of aliphatic hydroxyl groups is 1. The molecule has 0 radical (unpaired) electrons. The van der Waals surface area contributed by atoms with Gasteiger partial charge >= 0.3 is 6.09 Å². The molecule has 0 aliphatic carbocycles. The van der Waals surface area contributed by atoms with Crippen LogP contribution in [-0.2, 0) is 11.2 Å². The second-order valence-electron chi connectivity index (χ2n) is 6.35. The number of nitrogens with one attached hydrogen (secondary N) is 3. The lowest BCUT2D eigenvalue weighted by Gasteiger charge is -2.25. The third-order valence-electron chi connectivity index (χ3n) is 4.26. The van der Waals surface area contributed by atoms with E-state index in [1.54, 1.807) is 0 Å². The molecule has 1 aliphatic rings. The number of amides is 2. The highest BCUT2D eigenvalue weighted by molar-refractivity contribution is 5.81. The van der Waals surface area contributed by atoms with Crippen molar-refractivity contribution < 1.29 is 28.6 Å². The molecule has 0 unspecified atom stereocenters. The Balaban J connectivity index is 2.00. The van der Waals surface area contributed by atoms with Gasteiger partial charge in [-0.05, 0) is 43.4 Å². The van der Waals surface area contributed by atoms with Gasteiger partial charge in [-0.2, -0.15) is 0 Å². The Kier molecular flexibility index (Phi) is 7.28. The number of hydrogen-bond acceptors (Lipinski definition) is 4. The molecular weight excluding hydrogens is 348 g/mol. The zero-order chi connectivity index (χ0) is 19.1. The van der Waals surface area contributed by atoms with Crippen molar-refractivity contribution in [1.29, 1.82) is 0 Å². The molecule has 1 fully saturated rings. The minimum Gasteiger partial charge on any atom is -0.465 e. The summed E-state index contributed by atoms with van der Waals surface area (Å²) in [5.74, 6) is -1.72. The van der Waals surface area contributed by atoms with Crippen molar-refractivity contribution in [1.82, 2.24) is 16.0 Å². The number of carbonyl (C=O) groups is 2. The van der Waals surface area contributed by atoms with Crippen LogP contribution >= 0.6 is 0 Å². The fourth-order valence-corrected chi connectivity index (χ4v) is 2.96. The van der Waals surface area contributed by atoms with Crippen molar-refractivity contribution in [3.05, 3.63) is 35.4 Å². The maximum atomic E-state index is 13.3. The topological polar surface area (TPSA) is 111 Å². The lowest BCUT2D eigenvalue weighted by molar-refractivity contribution is -0.123. The van der Waals surface area contributed by atoms with Gasteiger partial charge in [-0.1, -0.05) is 0 Å². The van der Waals surface area contributed by atoms with E-state index in [0.29, 0.717) is 19.0 Å². The number of carboxylic acid groups (broad SMARTS) is 1. The van der Waals surface area contributed by atoms with E-state index in [1.165, 1.54) is 0 Å². The zero-order valence-electron chi connectivity index (χ0n) is 14.2. The van der Waals surface area contributed by atoms with Crippen molar-refractivity contribution in [2.75, 3.05) is 13.1 Å². The van der Waals surface area contributed by atoms with Crippen LogP contribution in [0.15, 0.2) is 18.2 Å². The van der Waals surface area contributed by atoms with E-state index in [2.05, 4.69) is 16.0 Å². The van der Waals surface area contributed by atoms with Gasteiger partial charge in [-0.3, -0.25) is 4.79 Å². The quantitative estimate of drug-likeness (QED) is 0.486. The summed E-state index contributed by atoms with van der Waals surface area (Å²) in [5.41, 5.74) is 0.215. The number of carbonyl (C=O) groups excluding carboxylic acids is 1. The predicted molar refractivity (Wildman–Crippen MR) is 89.7 cm³/mol. The first-order chi connectivity index (χ1) is 12.3. The fourth-order valence-electron chi connectivity index (χ4n) is 2.96. The molecule has 3 atom stereocenters. The summed E-state index contributed by atoms with van der Waals surface area (Å²) in [4.78, 5) is 22.9. The number of benzene rings is 1. The third-order valence-corrected chi connectivity index (χ3v) is 4.26. The van der Waals surface area contributed by atoms with Gasteiger partial charge in [-0.25, -0.2) is 13.6 Å². The standard InChI is InChI=1S/C17H23F2N3O4/c18-11-5-10(6-12(19)8-11)7-14(22-17(25)26)15(23)9-21-13-3-1-2-4-20-16(13)24/h5-6,8,13-15,21-23H,1-4,7,9H2,(H,20,24)(H,25,26)/t13-,14+,15-/m1/s1. The first-order valence-corrected chi connectivity index (χ1v) is 8.48. The van der Waals surface area contributed by atoms with Crippen LogP contribution in [0.4, 0.5) is 13.6 Å². The molecule has 1 aromatic rings. The fraction of sp³-hybridized carbons (Fsp3) is 0.529. The van der Waals surface area contributed by atoms with Crippen molar-refractivity contribution >= 4 is 12.0 Å². The molecule has 0 spiro atoms. The van der Waals surface area contributed by atoms with Gasteiger partial charge in [0.2, 0.25) is 5.91 Å². The first-order valence-electron chi connectivity index (χ1n) is 8.48. The average molecular weight is 371 g/mol. The van der Waals surface area contributed by atoms with E-state index in [4.69, 9.17) is 5.11 Å². The maximum absolute atomic E-state index is 13.3. The third kappa shape index (κ3) is 6.23. The van der Waals surface area contributed by atoms with Crippen molar-refractivity contribution in [2.45, 2.75) is 43.9 Å². The van der Waals surface area contributed by atoms with Crippen LogP contribution in [0, 0.1) is 11.6 Å². The molecule has 1 aliphatic heterocycles. The van der Waals surface area contributed by atoms with Gasteiger partial charge in [0.25, 0.3) is 0 Å². The molecule has 1 saturated heterocycles. The number of rotatable bonds is 7. The van der Waals surface area contributed by atoms with Gasteiger partial charge in [0.15, 0.2) is 0 Å². The smallest absolute Gasteiger partial charge is 0.404 e. The number of hydrogen-bond donors (Lipinski definition) is 5. The SMILES string of the molecule is O=C(O)N[C@@H](Cc1cc(F)cc(F)c1)[C@H](O)CN[C@@H]1CCCCNC1=O. The molecule has 1 aromatic carbocycles. The molecule has 7 nitrogen and oxygen atoms in total. The molecule has 9 heteroatoms. The van der Waals surface area contributed by atoms with Crippen LogP contribution < -0.4 is 16.0 Å². The Morgan fingerprint density at radius 1 is 1.27 bits per heavy atom. The van der Waals surface area contributed by atoms with Crippen molar-refractivity contribution in [3.63, 3.8) is 0 Å². The van der Waals surface area contributed by atoms with E-state index in [-0.39, 0.29) is 24.4 Å². The Hall–Kier alpha value is -2.26. The van der Waals surface area contributed by atoms with E-state index >= 15 is 0 Å². The van der Waals surface area contributed by atoms with Crippen LogP contribution in [0.25, 0.3) is 0 Å². The highest BCUT2D eigenvalue weighted by atomic mass is 19.1. The second-order valence-corrected chi connectivity index (χ2v) is 6.35. The van der Waals surface area contributed by atoms with Crippen LogP contribution in [0.1, 0.15) is 24.8 Å². The molecule has 0 saturated carbocycles. The largest absolute Gasteiger partial charge is 0.465 e. The normalized spacial score (nSPS) is 20.0. The molecule has 1 heterocycles. The maximum Gasteiger partial charge on any atom is 0.404 e. The predicted octanol–water partition coefficient (Wildman–Crippen LogP) is 0.763. The summed E-state index contributed by atoms with van der Waals surface area (Å²) in [6.07, 6.45) is -0.301. The molecule has 0 bridgehead atoms. The molecule has 2 rings (SSSR count). The highest BCUT2D eigenvalue weighted by Crippen LogP contribution is 2.12. The van der Waals surface area contributed by atoms with Crippen LogP contribution in [0.5, 0.6) is 0 Å². The summed E-state index contributed by atoms with van der Waals surface area (Å²) in [6, 6.07) is 1.42. The molecular formula is C17H23F2N3O4. The van der Waals surface area contributed by atoms with Gasteiger partial charge < -0.3 is 26.2 Å². The summed E-state index contributed by atoms with van der Waals surface area (Å²) in [6.45, 7) is 0.564. The molecule has 26 heavy (non-hydrogen) atoms.